The van der Waals surface area contributed by atoms with E-state index in [1.165, 1.54) is 12.1 Å². The van der Waals surface area contributed by atoms with E-state index in [0.29, 0.717) is 6.42 Å². The van der Waals surface area contributed by atoms with Gasteiger partial charge in [0.15, 0.2) is 0 Å². The normalized spacial score (nSPS) is 11.0. The zero-order valence-electron chi connectivity index (χ0n) is 16.0. The first-order valence-electron chi connectivity index (χ1n) is 9.47. The summed E-state index contributed by atoms with van der Waals surface area (Å²) in [4.78, 5) is 17.2. The van der Waals surface area contributed by atoms with Crippen LogP contribution in [0.25, 0.3) is 16.7 Å². The number of carbonyl (C=O) groups excluding carboxylic acids is 1. The first-order valence-corrected chi connectivity index (χ1v) is 9.47. The fourth-order valence-electron chi connectivity index (χ4n) is 3.32. The number of aromatic nitrogens is 2. The van der Waals surface area contributed by atoms with Gasteiger partial charge in [-0.25, -0.2) is 4.98 Å². The van der Waals surface area contributed by atoms with Crippen molar-refractivity contribution in [1.29, 1.82) is 0 Å². The van der Waals surface area contributed by atoms with Crippen molar-refractivity contribution in [2.75, 3.05) is 5.32 Å². The Kier molecular flexibility index (Phi) is 5.70. The number of para-hydroxylation sites is 5. The highest BCUT2D eigenvalue weighted by Gasteiger charge is 2.15. The number of ether oxygens (including phenoxy) is 1. The van der Waals surface area contributed by atoms with Crippen molar-refractivity contribution in [2.24, 2.45) is 0 Å². The van der Waals surface area contributed by atoms with Crippen LogP contribution in [-0.4, -0.2) is 22.1 Å². The second-order valence-corrected chi connectivity index (χ2v) is 6.61. The maximum absolute atomic E-state index is 12.6. The highest BCUT2D eigenvalue weighted by Crippen LogP contribution is 2.26. The van der Waals surface area contributed by atoms with Crippen LogP contribution in [0.15, 0.2) is 78.9 Å². The molecule has 152 valence electrons. The van der Waals surface area contributed by atoms with E-state index in [1.807, 2.05) is 59.2 Å². The molecule has 0 bridgehead atoms. The SMILES string of the molecule is O=C(CCc1nc2ccccc2n1-c1ccccc1)Nc1ccccc1OC(F)F. The number of rotatable bonds is 7. The van der Waals surface area contributed by atoms with Crippen molar-refractivity contribution in [3.63, 3.8) is 0 Å². The van der Waals surface area contributed by atoms with E-state index < -0.39 is 6.61 Å². The van der Waals surface area contributed by atoms with Gasteiger partial charge in [0.25, 0.3) is 0 Å². The summed E-state index contributed by atoms with van der Waals surface area (Å²) in [5.41, 5.74) is 2.96. The Morgan fingerprint density at radius 2 is 1.67 bits per heavy atom. The molecule has 0 radical (unpaired) electrons. The van der Waals surface area contributed by atoms with E-state index in [0.717, 1.165) is 22.5 Å². The second kappa shape index (κ2) is 8.73. The van der Waals surface area contributed by atoms with Crippen LogP contribution in [0.1, 0.15) is 12.2 Å². The van der Waals surface area contributed by atoms with Gasteiger partial charge < -0.3 is 10.1 Å². The average Bonchev–Trinajstić information content (AvgIpc) is 3.12. The third-order valence-electron chi connectivity index (χ3n) is 4.60. The lowest BCUT2D eigenvalue weighted by atomic mass is 10.2. The first-order chi connectivity index (χ1) is 14.6. The Bertz CT molecular complexity index is 1160. The number of nitrogens with one attached hydrogen (secondary N) is 1. The van der Waals surface area contributed by atoms with Gasteiger partial charge in [-0.2, -0.15) is 8.78 Å². The molecule has 0 saturated carbocycles. The number of alkyl halides is 2. The van der Waals surface area contributed by atoms with Gasteiger partial charge in [-0.05, 0) is 36.4 Å². The Morgan fingerprint density at radius 3 is 2.47 bits per heavy atom. The highest BCUT2D eigenvalue weighted by atomic mass is 19.3. The molecule has 0 spiro atoms. The van der Waals surface area contributed by atoms with Gasteiger partial charge in [-0.3, -0.25) is 9.36 Å². The highest BCUT2D eigenvalue weighted by molar-refractivity contribution is 5.92. The van der Waals surface area contributed by atoms with Crippen molar-refractivity contribution < 1.29 is 18.3 Å². The molecule has 0 aliphatic heterocycles. The summed E-state index contributed by atoms with van der Waals surface area (Å²) in [5.74, 6) is 0.360. The van der Waals surface area contributed by atoms with E-state index in [4.69, 9.17) is 0 Å². The lowest BCUT2D eigenvalue weighted by molar-refractivity contribution is -0.116. The summed E-state index contributed by atoms with van der Waals surface area (Å²) in [6.45, 7) is -2.96. The number of anilines is 1. The zero-order valence-corrected chi connectivity index (χ0v) is 16.0. The number of hydrogen-bond acceptors (Lipinski definition) is 3. The minimum absolute atomic E-state index is 0.0719. The predicted octanol–water partition coefficient (Wildman–Crippen LogP) is 5.20. The predicted molar refractivity (Wildman–Crippen MR) is 111 cm³/mol. The molecule has 1 N–H and O–H groups in total. The molecule has 1 heterocycles. The van der Waals surface area contributed by atoms with Crippen LogP contribution < -0.4 is 10.1 Å². The van der Waals surface area contributed by atoms with Gasteiger partial charge >= 0.3 is 6.61 Å². The van der Waals surface area contributed by atoms with Crippen molar-refractivity contribution in [1.82, 2.24) is 9.55 Å². The summed E-state index contributed by atoms with van der Waals surface area (Å²) >= 11 is 0. The molecular weight excluding hydrogens is 388 g/mol. The number of nitrogens with zero attached hydrogens (tertiary/aromatic N) is 2. The van der Waals surface area contributed by atoms with E-state index in [1.54, 1.807) is 12.1 Å². The van der Waals surface area contributed by atoms with E-state index in [9.17, 15) is 13.6 Å². The zero-order chi connectivity index (χ0) is 20.9. The van der Waals surface area contributed by atoms with Crippen LogP contribution in [0.2, 0.25) is 0 Å². The van der Waals surface area contributed by atoms with Gasteiger partial charge in [-0.1, -0.05) is 42.5 Å². The number of halogens is 2. The monoisotopic (exact) mass is 407 g/mol. The fourth-order valence-corrected chi connectivity index (χ4v) is 3.32. The van der Waals surface area contributed by atoms with Gasteiger partial charge in [0.2, 0.25) is 5.91 Å². The Hall–Kier alpha value is -3.74. The Labute approximate surface area is 171 Å². The minimum atomic E-state index is -2.96. The maximum atomic E-state index is 12.6. The summed E-state index contributed by atoms with van der Waals surface area (Å²) in [7, 11) is 0. The van der Waals surface area contributed by atoms with Crippen LogP contribution >= 0.6 is 0 Å². The lowest BCUT2D eigenvalue weighted by Crippen LogP contribution is -2.15. The molecule has 1 amide bonds. The van der Waals surface area contributed by atoms with Crippen LogP contribution in [0, 0.1) is 0 Å². The number of amides is 1. The molecule has 0 aliphatic rings. The molecule has 0 fully saturated rings. The van der Waals surface area contributed by atoms with Gasteiger partial charge in [0.05, 0.1) is 16.7 Å². The third-order valence-corrected chi connectivity index (χ3v) is 4.60. The topological polar surface area (TPSA) is 56.2 Å². The molecule has 7 heteroatoms. The average molecular weight is 407 g/mol. The summed E-state index contributed by atoms with van der Waals surface area (Å²) in [6, 6.07) is 23.7. The molecule has 5 nitrogen and oxygen atoms in total. The summed E-state index contributed by atoms with van der Waals surface area (Å²) in [6.07, 6.45) is 0.520. The number of hydrogen-bond donors (Lipinski definition) is 1. The van der Waals surface area contributed by atoms with Crippen LogP contribution in [0.3, 0.4) is 0 Å². The molecule has 0 unspecified atom stereocenters. The summed E-state index contributed by atoms with van der Waals surface area (Å²) < 4.78 is 31.6. The lowest BCUT2D eigenvalue weighted by Gasteiger charge is -2.12. The van der Waals surface area contributed by atoms with Crippen molar-refractivity contribution in [3.8, 4) is 11.4 Å². The fraction of sp³-hybridized carbons (Fsp3) is 0.130. The second-order valence-electron chi connectivity index (χ2n) is 6.61. The maximum Gasteiger partial charge on any atom is 0.387 e. The number of carbonyl (C=O) groups is 1. The number of fused-ring (bicyclic) bond motifs is 1. The Morgan fingerprint density at radius 1 is 0.967 bits per heavy atom. The van der Waals surface area contributed by atoms with Crippen molar-refractivity contribution in [3.05, 3.63) is 84.7 Å². The largest absolute Gasteiger partial charge is 0.433 e. The summed E-state index contributed by atoms with van der Waals surface area (Å²) in [5, 5.41) is 2.64. The molecule has 0 aliphatic carbocycles. The number of benzene rings is 3. The molecule has 4 aromatic rings. The van der Waals surface area contributed by atoms with Crippen LogP contribution in [0.4, 0.5) is 14.5 Å². The molecule has 4 rings (SSSR count). The van der Waals surface area contributed by atoms with E-state index >= 15 is 0 Å². The number of imidazole rings is 1. The molecule has 0 saturated heterocycles. The minimum Gasteiger partial charge on any atom is -0.433 e. The smallest absolute Gasteiger partial charge is 0.387 e. The van der Waals surface area contributed by atoms with E-state index in [-0.39, 0.29) is 23.8 Å². The third kappa shape index (κ3) is 4.30. The van der Waals surface area contributed by atoms with Crippen LogP contribution in [-0.2, 0) is 11.2 Å². The van der Waals surface area contributed by atoms with Gasteiger partial charge in [-0.15, -0.1) is 0 Å². The van der Waals surface area contributed by atoms with Gasteiger partial charge in [0.1, 0.15) is 11.6 Å². The van der Waals surface area contributed by atoms with Crippen molar-refractivity contribution >= 4 is 22.6 Å². The standard InChI is InChI=1S/C23H19F2N3O2/c24-23(25)30-20-13-7-5-11-18(20)27-22(29)15-14-21-26-17-10-4-6-12-19(17)28(21)16-8-2-1-3-9-16/h1-13,23H,14-15H2,(H,27,29). The molecule has 30 heavy (non-hydrogen) atoms. The van der Waals surface area contributed by atoms with Crippen molar-refractivity contribution in [2.45, 2.75) is 19.5 Å². The molecular formula is C23H19F2N3O2. The molecule has 1 aromatic heterocycles. The van der Waals surface area contributed by atoms with Gasteiger partial charge in [0, 0.05) is 18.5 Å². The molecule has 3 aromatic carbocycles. The van der Waals surface area contributed by atoms with E-state index in [2.05, 4.69) is 15.0 Å². The molecule has 0 atom stereocenters. The number of aryl methyl sites for hydroxylation is 1. The van der Waals surface area contributed by atoms with Crippen LogP contribution in [0.5, 0.6) is 5.75 Å². The Balaban J connectivity index is 1.54. The quantitative estimate of drug-likeness (QED) is 0.458. The first kappa shape index (κ1) is 19.6.